The van der Waals surface area contributed by atoms with Crippen LogP contribution in [-0.4, -0.2) is 34.0 Å². The van der Waals surface area contributed by atoms with Crippen LogP contribution >= 0.6 is 11.6 Å². The van der Waals surface area contributed by atoms with Gasteiger partial charge in [0.1, 0.15) is 0 Å². The molecular formula is C18H23ClN2O2S. The number of halogens is 1. The molecule has 0 amide bonds. The molecule has 0 aliphatic rings. The minimum Gasteiger partial charge on any atom is -0.301 e. The van der Waals surface area contributed by atoms with Crippen molar-refractivity contribution in [2.24, 2.45) is 0 Å². The zero-order valence-electron chi connectivity index (χ0n) is 14.2. The lowest BCUT2D eigenvalue weighted by Crippen LogP contribution is -2.35. The largest absolute Gasteiger partial charge is 0.301 e. The Balaban J connectivity index is 2.08. The number of nitrogens with zero attached hydrogens (tertiary/aromatic N) is 1. The zero-order chi connectivity index (χ0) is 17.7. The maximum absolute atomic E-state index is 12.4. The Morgan fingerprint density at radius 2 is 1.71 bits per heavy atom. The van der Waals surface area contributed by atoms with E-state index in [1.165, 1.54) is 0 Å². The summed E-state index contributed by atoms with van der Waals surface area (Å²) in [7, 11) is 0.446. The monoisotopic (exact) mass is 366 g/mol. The molecule has 0 saturated heterocycles. The third kappa shape index (κ3) is 5.31. The molecule has 1 atom stereocenters. The van der Waals surface area contributed by atoms with Crippen molar-refractivity contribution < 1.29 is 8.42 Å². The number of nitrogens with one attached hydrogen (secondary N) is 1. The Labute approximate surface area is 149 Å². The highest BCUT2D eigenvalue weighted by Gasteiger charge is 2.19. The third-order valence-corrected chi connectivity index (χ3v) is 5.53. The second-order valence-corrected chi connectivity index (χ2v) is 8.31. The minimum atomic E-state index is -3.40. The van der Waals surface area contributed by atoms with E-state index in [0.717, 1.165) is 16.7 Å². The standard InChI is InChI=1S/C18H23ClN2O2S/c1-14-6-4-5-7-16(14)13-24(22,23)20-12-18(21(2)3)15-8-10-17(19)11-9-15/h4-11,18,20H,12-13H2,1-3H3. The topological polar surface area (TPSA) is 49.4 Å². The number of aryl methyl sites for hydroxylation is 1. The molecule has 0 saturated carbocycles. The van der Waals surface area contributed by atoms with Crippen molar-refractivity contribution in [3.63, 3.8) is 0 Å². The summed E-state index contributed by atoms with van der Waals surface area (Å²) < 4.78 is 27.6. The normalized spacial score (nSPS) is 13.2. The van der Waals surface area contributed by atoms with Gasteiger partial charge in [0.25, 0.3) is 0 Å². The summed E-state index contributed by atoms with van der Waals surface area (Å²) in [6.45, 7) is 2.23. The van der Waals surface area contributed by atoms with Crippen molar-refractivity contribution in [2.45, 2.75) is 18.7 Å². The van der Waals surface area contributed by atoms with Crippen LogP contribution in [0.1, 0.15) is 22.7 Å². The number of sulfonamides is 1. The van der Waals surface area contributed by atoms with Crippen molar-refractivity contribution in [3.05, 3.63) is 70.2 Å². The number of likely N-dealkylation sites (N-methyl/N-ethyl adjacent to an activating group) is 1. The summed E-state index contributed by atoms with van der Waals surface area (Å²) in [4.78, 5) is 1.99. The summed E-state index contributed by atoms with van der Waals surface area (Å²) in [5, 5.41) is 0.663. The van der Waals surface area contributed by atoms with E-state index in [1.54, 1.807) is 0 Å². The molecule has 1 unspecified atom stereocenters. The van der Waals surface area contributed by atoms with Crippen LogP contribution in [0.5, 0.6) is 0 Å². The molecule has 130 valence electrons. The maximum Gasteiger partial charge on any atom is 0.215 e. The molecule has 0 bridgehead atoms. The number of hydrogen-bond acceptors (Lipinski definition) is 3. The van der Waals surface area contributed by atoms with Crippen molar-refractivity contribution in [1.29, 1.82) is 0 Å². The Kier molecular flexibility index (Phi) is 6.40. The van der Waals surface area contributed by atoms with Gasteiger partial charge in [0.05, 0.1) is 5.75 Å². The predicted octanol–water partition coefficient (Wildman–Crippen LogP) is 3.37. The smallest absolute Gasteiger partial charge is 0.215 e. The number of hydrogen-bond donors (Lipinski definition) is 1. The molecule has 0 aliphatic carbocycles. The van der Waals surface area contributed by atoms with Crippen LogP contribution in [0.3, 0.4) is 0 Å². The minimum absolute atomic E-state index is 0.0135. The van der Waals surface area contributed by atoms with E-state index >= 15 is 0 Å². The van der Waals surface area contributed by atoms with Gasteiger partial charge in [-0.25, -0.2) is 13.1 Å². The van der Waals surface area contributed by atoms with Gasteiger partial charge in [0.2, 0.25) is 10.0 Å². The second kappa shape index (κ2) is 8.12. The van der Waals surface area contributed by atoms with Gasteiger partial charge in [-0.15, -0.1) is 0 Å². The second-order valence-electron chi connectivity index (χ2n) is 6.06. The fraction of sp³-hybridized carbons (Fsp3) is 0.333. The highest BCUT2D eigenvalue weighted by atomic mass is 35.5. The van der Waals surface area contributed by atoms with E-state index in [0.29, 0.717) is 11.6 Å². The zero-order valence-corrected chi connectivity index (χ0v) is 15.7. The average molecular weight is 367 g/mol. The Bertz CT molecular complexity index is 774. The molecule has 24 heavy (non-hydrogen) atoms. The maximum atomic E-state index is 12.4. The van der Waals surface area contributed by atoms with Crippen LogP contribution < -0.4 is 4.72 Å². The van der Waals surface area contributed by atoms with Gasteiger partial charge in [-0.3, -0.25) is 0 Å². The van der Waals surface area contributed by atoms with Gasteiger partial charge in [-0.1, -0.05) is 48.0 Å². The number of rotatable bonds is 7. The fourth-order valence-electron chi connectivity index (χ4n) is 2.52. The van der Waals surface area contributed by atoms with Gasteiger partial charge in [0.15, 0.2) is 0 Å². The van der Waals surface area contributed by atoms with Crippen molar-refractivity contribution in [3.8, 4) is 0 Å². The molecular weight excluding hydrogens is 344 g/mol. The van der Waals surface area contributed by atoms with Crippen LogP contribution in [-0.2, 0) is 15.8 Å². The van der Waals surface area contributed by atoms with E-state index in [2.05, 4.69) is 4.72 Å². The molecule has 0 radical (unpaired) electrons. The van der Waals surface area contributed by atoms with Crippen LogP contribution in [0, 0.1) is 6.92 Å². The van der Waals surface area contributed by atoms with E-state index in [-0.39, 0.29) is 11.8 Å². The molecule has 1 N–H and O–H groups in total. The molecule has 6 heteroatoms. The lowest BCUT2D eigenvalue weighted by molar-refractivity contribution is 0.299. The Morgan fingerprint density at radius 3 is 2.29 bits per heavy atom. The van der Waals surface area contributed by atoms with Gasteiger partial charge < -0.3 is 4.90 Å². The van der Waals surface area contributed by atoms with Crippen LogP contribution in [0.15, 0.2) is 48.5 Å². The summed E-state index contributed by atoms with van der Waals surface area (Å²) >= 11 is 5.93. The highest BCUT2D eigenvalue weighted by Crippen LogP contribution is 2.20. The molecule has 0 fully saturated rings. The summed E-state index contributed by atoms with van der Waals surface area (Å²) in [6, 6.07) is 14.9. The third-order valence-electron chi connectivity index (χ3n) is 3.98. The Morgan fingerprint density at radius 1 is 1.08 bits per heavy atom. The summed E-state index contributed by atoms with van der Waals surface area (Å²) in [5.41, 5.74) is 2.81. The first kappa shape index (κ1) is 18.9. The molecule has 0 aliphatic heterocycles. The van der Waals surface area contributed by atoms with Crippen molar-refractivity contribution >= 4 is 21.6 Å². The quantitative estimate of drug-likeness (QED) is 0.817. The van der Waals surface area contributed by atoms with Crippen LogP contribution in [0.2, 0.25) is 5.02 Å². The SMILES string of the molecule is Cc1ccccc1CS(=O)(=O)NCC(c1ccc(Cl)cc1)N(C)C. The molecule has 2 rings (SSSR count). The summed E-state index contributed by atoms with van der Waals surface area (Å²) in [5.74, 6) is -0.0135. The van der Waals surface area contributed by atoms with E-state index in [9.17, 15) is 8.42 Å². The summed E-state index contributed by atoms with van der Waals surface area (Å²) in [6.07, 6.45) is 0. The molecule has 2 aromatic rings. The van der Waals surface area contributed by atoms with E-state index in [1.807, 2.05) is 74.4 Å². The molecule has 4 nitrogen and oxygen atoms in total. The fourth-order valence-corrected chi connectivity index (χ4v) is 3.89. The number of benzene rings is 2. The van der Waals surface area contributed by atoms with Gasteiger partial charge in [-0.2, -0.15) is 0 Å². The van der Waals surface area contributed by atoms with E-state index in [4.69, 9.17) is 11.6 Å². The molecule has 0 heterocycles. The first-order chi connectivity index (χ1) is 11.3. The molecule has 0 spiro atoms. The first-order valence-corrected chi connectivity index (χ1v) is 9.75. The lowest BCUT2D eigenvalue weighted by Gasteiger charge is -2.25. The van der Waals surface area contributed by atoms with Crippen LogP contribution in [0.4, 0.5) is 0 Å². The first-order valence-electron chi connectivity index (χ1n) is 7.72. The lowest BCUT2D eigenvalue weighted by atomic mass is 10.1. The highest BCUT2D eigenvalue weighted by molar-refractivity contribution is 7.88. The average Bonchev–Trinajstić information content (AvgIpc) is 2.51. The van der Waals surface area contributed by atoms with E-state index < -0.39 is 10.0 Å². The molecule has 0 aromatic heterocycles. The molecule has 2 aromatic carbocycles. The van der Waals surface area contributed by atoms with Gasteiger partial charge in [0, 0.05) is 17.6 Å². The van der Waals surface area contributed by atoms with Crippen molar-refractivity contribution in [1.82, 2.24) is 9.62 Å². The van der Waals surface area contributed by atoms with Crippen LogP contribution in [0.25, 0.3) is 0 Å². The predicted molar refractivity (Wildman–Crippen MR) is 99.7 cm³/mol. The Hall–Kier alpha value is -1.40. The van der Waals surface area contributed by atoms with Gasteiger partial charge in [-0.05, 0) is 49.8 Å². The van der Waals surface area contributed by atoms with Crippen molar-refractivity contribution in [2.75, 3.05) is 20.6 Å². The van der Waals surface area contributed by atoms with Gasteiger partial charge >= 0.3 is 0 Å².